The monoisotopic (exact) mass is 387 g/mol. The van der Waals surface area contributed by atoms with Gasteiger partial charge in [0.15, 0.2) is 0 Å². The molecule has 0 heterocycles. The van der Waals surface area contributed by atoms with Crippen molar-refractivity contribution >= 4 is 46.9 Å². The zero-order valence-corrected chi connectivity index (χ0v) is 15.6. The molecule has 0 bridgehead atoms. The average Bonchev–Trinajstić information content (AvgIpc) is 2.51. The highest BCUT2D eigenvalue weighted by Gasteiger charge is 2.33. The zero-order chi connectivity index (χ0) is 17.3. The van der Waals surface area contributed by atoms with Gasteiger partial charge in [0.25, 0.3) is 0 Å². The molecule has 0 aromatic carbocycles. The molecule has 0 aromatic rings. The first-order valence-corrected chi connectivity index (χ1v) is 9.13. The second-order valence-electron chi connectivity index (χ2n) is 5.73. The van der Waals surface area contributed by atoms with Gasteiger partial charge in [-0.1, -0.05) is 67.4 Å². The Morgan fingerprint density at radius 3 is 2.39 bits per heavy atom. The van der Waals surface area contributed by atoms with Gasteiger partial charge in [-0.3, -0.25) is 0 Å². The Kier molecular flexibility index (Phi) is 9.40. The van der Waals surface area contributed by atoms with Gasteiger partial charge in [0.1, 0.15) is 12.6 Å². The van der Waals surface area contributed by atoms with Crippen LogP contribution in [-0.2, 0) is 14.3 Å². The maximum absolute atomic E-state index is 12.3. The minimum atomic E-state index is -1.68. The van der Waals surface area contributed by atoms with E-state index in [1.807, 2.05) is 6.92 Å². The number of nitrogens with one attached hydrogen (secondary N) is 1. The van der Waals surface area contributed by atoms with Gasteiger partial charge in [0, 0.05) is 0 Å². The largest absolute Gasteiger partial charge is 0.464 e. The number of halogens is 3. The van der Waals surface area contributed by atoms with E-state index in [2.05, 4.69) is 5.32 Å². The minimum absolute atomic E-state index is 0.0539. The summed E-state index contributed by atoms with van der Waals surface area (Å²) < 4.78 is 8.43. The lowest BCUT2D eigenvalue weighted by Gasteiger charge is -2.29. The summed E-state index contributed by atoms with van der Waals surface area (Å²) in [6.07, 6.45) is 5.91. The lowest BCUT2D eigenvalue weighted by molar-refractivity contribution is -0.148. The number of alkyl carbamates (subject to hydrolysis) is 1. The lowest BCUT2D eigenvalue weighted by Crippen LogP contribution is -2.48. The summed E-state index contributed by atoms with van der Waals surface area (Å²) in [5.41, 5.74) is 0. The highest BCUT2D eigenvalue weighted by molar-refractivity contribution is 6.67. The molecule has 8 heteroatoms. The molecular formula is C15H24Cl3NO4. The Balaban J connectivity index is 2.59. The van der Waals surface area contributed by atoms with Crippen LogP contribution in [0, 0.1) is 5.92 Å². The maximum Gasteiger partial charge on any atom is 0.408 e. The number of ether oxygens (including phenoxy) is 2. The highest BCUT2D eigenvalue weighted by Crippen LogP contribution is 2.28. The van der Waals surface area contributed by atoms with Crippen LogP contribution in [0.25, 0.3) is 0 Å². The predicted molar refractivity (Wildman–Crippen MR) is 91.0 cm³/mol. The molecule has 1 N–H and O–H groups in total. The third kappa shape index (κ3) is 8.87. The number of alkyl halides is 3. The second-order valence-corrected chi connectivity index (χ2v) is 8.25. The number of rotatable bonds is 7. The van der Waals surface area contributed by atoms with E-state index in [1.54, 1.807) is 0 Å². The fourth-order valence-electron chi connectivity index (χ4n) is 2.56. The standard InChI is InChI=1S/C15H24Cl3NO4/c1-2-3-9-22-13(20)12(11-7-5-4-6-8-11)19-14(21)23-10-15(16,17)18/h11-12H,2-10H2,1H3,(H,19,21). The summed E-state index contributed by atoms with van der Waals surface area (Å²) in [6, 6.07) is -0.713. The van der Waals surface area contributed by atoms with Crippen molar-refractivity contribution in [2.24, 2.45) is 5.92 Å². The summed E-state index contributed by atoms with van der Waals surface area (Å²) >= 11 is 16.6. The van der Waals surface area contributed by atoms with Crippen molar-refractivity contribution in [2.45, 2.75) is 61.7 Å². The van der Waals surface area contributed by atoms with Crippen molar-refractivity contribution in [2.75, 3.05) is 13.2 Å². The molecule has 1 rings (SSSR count). The zero-order valence-electron chi connectivity index (χ0n) is 13.3. The van der Waals surface area contributed by atoms with Gasteiger partial charge in [-0.25, -0.2) is 9.59 Å². The molecule has 1 saturated carbocycles. The lowest BCUT2D eigenvalue weighted by atomic mass is 9.84. The summed E-state index contributed by atoms with van der Waals surface area (Å²) in [5.74, 6) is -0.366. The first kappa shape index (κ1) is 20.7. The Morgan fingerprint density at radius 2 is 1.83 bits per heavy atom. The van der Waals surface area contributed by atoms with Gasteiger partial charge in [0.2, 0.25) is 3.79 Å². The van der Waals surface area contributed by atoms with Crippen molar-refractivity contribution < 1.29 is 19.1 Å². The number of amides is 1. The SMILES string of the molecule is CCCCOC(=O)C(NC(=O)OCC(Cl)(Cl)Cl)C1CCCCC1. The molecule has 134 valence electrons. The van der Waals surface area contributed by atoms with Crippen LogP contribution in [-0.4, -0.2) is 35.1 Å². The van der Waals surface area contributed by atoms with E-state index in [-0.39, 0.29) is 12.5 Å². The molecule has 0 aliphatic heterocycles. The van der Waals surface area contributed by atoms with Crippen molar-refractivity contribution in [1.82, 2.24) is 5.32 Å². The molecular weight excluding hydrogens is 365 g/mol. The van der Waals surface area contributed by atoms with Crippen LogP contribution >= 0.6 is 34.8 Å². The minimum Gasteiger partial charge on any atom is -0.464 e. The van der Waals surface area contributed by atoms with Crippen LogP contribution in [0.5, 0.6) is 0 Å². The van der Waals surface area contributed by atoms with Crippen molar-refractivity contribution in [3.63, 3.8) is 0 Å². The Hall–Kier alpha value is -0.390. The molecule has 0 saturated heterocycles. The molecule has 1 aliphatic carbocycles. The number of unbranched alkanes of at least 4 members (excludes halogenated alkanes) is 1. The summed E-state index contributed by atoms with van der Waals surface area (Å²) in [5, 5.41) is 2.57. The van der Waals surface area contributed by atoms with Crippen LogP contribution in [0.3, 0.4) is 0 Å². The van der Waals surface area contributed by atoms with E-state index in [0.29, 0.717) is 6.61 Å². The Labute approximate surface area is 152 Å². The molecule has 1 fully saturated rings. The van der Waals surface area contributed by atoms with Gasteiger partial charge < -0.3 is 14.8 Å². The molecule has 5 nitrogen and oxygen atoms in total. The topological polar surface area (TPSA) is 64.6 Å². The van der Waals surface area contributed by atoms with Gasteiger partial charge in [0.05, 0.1) is 6.61 Å². The Bertz CT molecular complexity index is 381. The normalized spacial score (nSPS) is 17.4. The third-order valence-electron chi connectivity index (χ3n) is 3.76. The summed E-state index contributed by atoms with van der Waals surface area (Å²) in [6.45, 7) is 1.98. The highest BCUT2D eigenvalue weighted by atomic mass is 35.6. The van der Waals surface area contributed by atoms with E-state index < -0.39 is 21.9 Å². The van der Waals surface area contributed by atoms with Crippen LogP contribution in [0.15, 0.2) is 0 Å². The molecule has 0 aromatic heterocycles. The van der Waals surface area contributed by atoms with Gasteiger partial charge in [-0.15, -0.1) is 0 Å². The van der Waals surface area contributed by atoms with Crippen molar-refractivity contribution in [1.29, 1.82) is 0 Å². The van der Waals surface area contributed by atoms with Crippen LogP contribution < -0.4 is 5.32 Å². The molecule has 1 unspecified atom stereocenters. The van der Waals surface area contributed by atoms with E-state index in [9.17, 15) is 9.59 Å². The first-order valence-electron chi connectivity index (χ1n) is 8.00. The number of carbonyl (C=O) groups excluding carboxylic acids is 2. The molecule has 23 heavy (non-hydrogen) atoms. The van der Waals surface area contributed by atoms with Crippen LogP contribution in [0.1, 0.15) is 51.9 Å². The van der Waals surface area contributed by atoms with E-state index in [1.165, 1.54) is 0 Å². The average molecular weight is 389 g/mol. The maximum atomic E-state index is 12.3. The fourth-order valence-corrected chi connectivity index (χ4v) is 2.72. The van der Waals surface area contributed by atoms with Gasteiger partial charge in [-0.05, 0) is 25.2 Å². The Morgan fingerprint density at radius 1 is 1.17 bits per heavy atom. The smallest absolute Gasteiger partial charge is 0.408 e. The number of hydrogen-bond donors (Lipinski definition) is 1. The molecule has 1 amide bonds. The van der Waals surface area contributed by atoms with Crippen LogP contribution in [0.2, 0.25) is 0 Å². The predicted octanol–water partition coefficient (Wildman–Crippen LogP) is 4.38. The van der Waals surface area contributed by atoms with E-state index >= 15 is 0 Å². The quantitative estimate of drug-likeness (QED) is 0.399. The molecule has 0 radical (unpaired) electrons. The number of hydrogen-bond acceptors (Lipinski definition) is 4. The summed E-state index contributed by atoms with van der Waals surface area (Å²) in [7, 11) is 0. The fraction of sp³-hybridized carbons (Fsp3) is 0.867. The van der Waals surface area contributed by atoms with Crippen molar-refractivity contribution in [3.8, 4) is 0 Å². The molecule has 1 aliphatic rings. The van der Waals surface area contributed by atoms with Gasteiger partial charge >= 0.3 is 12.1 Å². The third-order valence-corrected chi connectivity index (χ3v) is 4.08. The first-order chi connectivity index (χ1) is 10.8. The van der Waals surface area contributed by atoms with Crippen molar-refractivity contribution in [3.05, 3.63) is 0 Å². The second kappa shape index (κ2) is 10.5. The van der Waals surface area contributed by atoms with E-state index in [0.717, 1.165) is 44.9 Å². The molecule has 1 atom stereocenters. The van der Waals surface area contributed by atoms with Crippen LogP contribution in [0.4, 0.5) is 4.79 Å². The number of carbonyl (C=O) groups is 2. The van der Waals surface area contributed by atoms with E-state index in [4.69, 9.17) is 44.3 Å². The van der Waals surface area contributed by atoms with Gasteiger partial charge in [-0.2, -0.15) is 0 Å². The molecule has 0 spiro atoms. The summed E-state index contributed by atoms with van der Waals surface area (Å²) in [4.78, 5) is 24.1. The number of esters is 1.